The quantitative estimate of drug-likeness (QED) is 0.448. The van der Waals surface area contributed by atoms with Crippen LogP contribution in [0.25, 0.3) is 0 Å². The Balaban J connectivity index is 3.74. The summed E-state index contributed by atoms with van der Waals surface area (Å²) in [6.07, 6.45) is 0. The maximum atomic E-state index is 10.9. The highest BCUT2D eigenvalue weighted by molar-refractivity contribution is 7.97. The second kappa shape index (κ2) is 6.11. The zero-order valence-electron chi connectivity index (χ0n) is 6.46. The molecule has 0 aromatic carbocycles. The predicted octanol–water partition coefficient (Wildman–Crippen LogP) is -0.265. The summed E-state index contributed by atoms with van der Waals surface area (Å²) in [6, 6.07) is -0.345. The van der Waals surface area contributed by atoms with Crippen molar-refractivity contribution in [2.75, 3.05) is 19.8 Å². The van der Waals surface area contributed by atoms with Crippen LogP contribution >= 0.6 is 11.9 Å². The Kier molecular flexibility index (Phi) is 5.77. The van der Waals surface area contributed by atoms with E-state index in [-0.39, 0.29) is 11.9 Å². The summed E-state index contributed by atoms with van der Waals surface area (Å²) in [5.41, 5.74) is 0. The van der Waals surface area contributed by atoms with Crippen LogP contribution in [0.5, 0.6) is 0 Å². The largest absolute Gasteiger partial charge is 0.358 e. The highest BCUT2D eigenvalue weighted by atomic mass is 32.2. The van der Waals surface area contributed by atoms with E-state index in [1.165, 1.54) is 0 Å². The standard InChI is InChI=1S/C5H11N3O2S/c1-6-4(3-11-8-10)5(9)7-2/h4,6H,3H2,1-2H3,(H,7,9). The van der Waals surface area contributed by atoms with Crippen LogP contribution in [-0.2, 0) is 4.79 Å². The lowest BCUT2D eigenvalue weighted by molar-refractivity contribution is -0.122. The van der Waals surface area contributed by atoms with E-state index < -0.39 is 0 Å². The number of hydrogen-bond donors (Lipinski definition) is 2. The van der Waals surface area contributed by atoms with Gasteiger partial charge in [-0.15, -0.1) is 4.91 Å². The first kappa shape index (κ1) is 10.4. The number of amides is 1. The van der Waals surface area contributed by atoms with Gasteiger partial charge in [-0.1, -0.05) is 0 Å². The van der Waals surface area contributed by atoms with Crippen molar-refractivity contribution in [2.45, 2.75) is 6.04 Å². The van der Waals surface area contributed by atoms with E-state index in [1.54, 1.807) is 14.1 Å². The summed E-state index contributed by atoms with van der Waals surface area (Å²) in [4.78, 5) is 20.6. The maximum absolute atomic E-state index is 10.9. The summed E-state index contributed by atoms with van der Waals surface area (Å²) in [6.45, 7) is 0. The van der Waals surface area contributed by atoms with Gasteiger partial charge < -0.3 is 10.6 Å². The van der Waals surface area contributed by atoms with Gasteiger partial charge in [-0.25, -0.2) is 0 Å². The van der Waals surface area contributed by atoms with Gasteiger partial charge in [0.25, 0.3) is 0 Å². The fourth-order valence-corrected chi connectivity index (χ4v) is 1.10. The van der Waals surface area contributed by atoms with Crippen molar-refractivity contribution in [3.05, 3.63) is 4.91 Å². The number of nitroso groups, excluding NO2 is 1. The Hall–Kier alpha value is -0.620. The number of hydrogen-bond acceptors (Lipinski definition) is 5. The minimum absolute atomic E-state index is 0.136. The lowest BCUT2D eigenvalue weighted by Crippen LogP contribution is -2.42. The third kappa shape index (κ3) is 3.94. The summed E-state index contributed by atoms with van der Waals surface area (Å²) in [5, 5.41) is 5.22. The van der Waals surface area contributed by atoms with Crippen LogP contribution in [0.2, 0.25) is 0 Å². The maximum Gasteiger partial charge on any atom is 0.237 e. The van der Waals surface area contributed by atoms with Gasteiger partial charge in [0, 0.05) is 29.3 Å². The molecule has 1 atom stereocenters. The average Bonchev–Trinajstić information content (AvgIpc) is 2.05. The van der Waals surface area contributed by atoms with Crippen LogP contribution in [0.1, 0.15) is 0 Å². The summed E-state index contributed by atoms with van der Waals surface area (Å²) in [5.74, 6) is 0.225. The van der Waals surface area contributed by atoms with Crippen LogP contribution in [0, 0.1) is 4.91 Å². The van der Waals surface area contributed by atoms with Crippen LogP contribution in [0.4, 0.5) is 0 Å². The molecule has 1 unspecified atom stereocenters. The average molecular weight is 177 g/mol. The molecule has 0 saturated heterocycles. The molecular formula is C5H11N3O2S. The first-order chi connectivity index (χ1) is 5.26. The van der Waals surface area contributed by atoms with Crippen molar-refractivity contribution >= 4 is 17.9 Å². The summed E-state index contributed by atoms with van der Waals surface area (Å²) < 4.78 is 2.59. The molecule has 0 rings (SSSR count). The molecule has 0 aromatic rings. The van der Waals surface area contributed by atoms with Gasteiger partial charge >= 0.3 is 0 Å². The van der Waals surface area contributed by atoms with E-state index in [9.17, 15) is 9.70 Å². The van der Waals surface area contributed by atoms with Crippen LogP contribution in [0.3, 0.4) is 0 Å². The second-order valence-corrected chi connectivity index (χ2v) is 2.57. The smallest absolute Gasteiger partial charge is 0.237 e. The molecule has 64 valence electrons. The molecule has 0 heterocycles. The van der Waals surface area contributed by atoms with Crippen molar-refractivity contribution in [1.82, 2.24) is 10.6 Å². The zero-order chi connectivity index (χ0) is 8.69. The van der Waals surface area contributed by atoms with Crippen molar-refractivity contribution in [2.24, 2.45) is 4.58 Å². The van der Waals surface area contributed by atoms with E-state index in [1.807, 2.05) is 0 Å². The van der Waals surface area contributed by atoms with Gasteiger partial charge in [0.1, 0.15) is 0 Å². The first-order valence-electron chi connectivity index (χ1n) is 3.09. The van der Waals surface area contributed by atoms with Gasteiger partial charge in [-0.2, -0.15) is 0 Å². The SMILES string of the molecule is CNC(=O)C(CSN=O)NC. The molecule has 0 aliphatic carbocycles. The van der Waals surface area contributed by atoms with Crippen molar-refractivity contribution in [1.29, 1.82) is 0 Å². The molecule has 0 fully saturated rings. The molecule has 0 radical (unpaired) electrons. The molecule has 0 aliphatic rings. The van der Waals surface area contributed by atoms with Crippen LogP contribution in [0.15, 0.2) is 4.58 Å². The minimum atomic E-state index is -0.345. The molecule has 0 bridgehead atoms. The minimum Gasteiger partial charge on any atom is -0.358 e. The number of nitrogens with zero attached hydrogens (tertiary/aromatic N) is 1. The van der Waals surface area contributed by atoms with Crippen LogP contribution in [-0.4, -0.2) is 31.8 Å². The van der Waals surface area contributed by atoms with Gasteiger partial charge in [0.15, 0.2) is 0 Å². The number of rotatable bonds is 5. The zero-order valence-corrected chi connectivity index (χ0v) is 7.27. The van der Waals surface area contributed by atoms with E-state index in [4.69, 9.17) is 0 Å². The highest BCUT2D eigenvalue weighted by Gasteiger charge is 2.14. The fourth-order valence-electron chi connectivity index (χ4n) is 0.569. The molecule has 6 heteroatoms. The second-order valence-electron chi connectivity index (χ2n) is 1.83. The third-order valence-electron chi connectivity index (χ3n) is 1.21. The molecule has 1 amide bonds. The van der Waals surface area contributed by atoms with Crippen LogP contribution < -0.4 is 10.6 Å². The molecule has 0 spiro atoms. The number of carbonyl (C=O) groups excluding carboxylic acids is 1. The molecular weight excluding hydrogens is 166 g/mol. The Morgan fingerprint density at radius 1 is 1.64 bits per heavy atom. The van der Waals surface area contributed by atoms with Gasteiger partial charge in [0.2, 0.25) is 5.91 Å². The number of carbonyl (C=O) groups is 1. The summed E-state index contributed by atoms with van der Waals surface area (Å²) >= 11 is 0.831. The number of likely N-dealkylation sites (N-methyl/N-ethyl adjacent to an activating group) is 2. The predicted molar refractivity (Wildman–Crippen MR) is 45.2 cm³/mol. The van der Waals surface area contributed by atoms with Gasteiger partial charge in [-0.3, -0.25) is 4.79 Å². The van der Waals surface area contributed by atoms with Gasteiger partial charge in [0.05, 0.1) is 6.04 Å². The van der Waals surface area contributed by atoms with Gasteiger partial charge in [-0.05, 0) is 7.05 Å². The topological polar surface area (TPSA) is 70.6 Å². The lowest BCUT2D eigenvalue weighted by Gasteiger charge is -2.10. The highest BCUT2D eigenvalue weighted by Crippen LogP contribution is 2.02. The van der Waals surface area contributed by atoms with Crippen molar-refractivity contribution in [3.63, 3.8) is 0 Å². The Labute approximate surface area is 69.4 Å². The lowest BCUT2D eigenvalue weighted by atomic mass is 10.3. The Morgan fingerprint density at radius 2 is 2.27 bits per heavy atom. The van der Waals surface area contributed by atoms with E-state index in [0.717, 1.165) is 11.9 Å². The molecule has 5 nitrogen and oxygen atoms in total. The molecule has 0 saturated carbocycles. The van der Waals surface area contributed by atoms with E-state index >= 15 is 0 Å². The molecule has 11 heavy (non-hydrogen) atoms. The normalized spacial score (nSPS) is 12.2. The molecule has 0 aliphatic heterocycles. The van der Waals surface area contributed by atoms with Crippen molar-refractivity contribution < 1.29 is 4.79 Å². The monoisotopic (exact) mass is 177 g/mol. The number of nitrogens with one attached hydrogen (secondary N) is 2. The van der Waals surface area contributed by atoms with E-state index in [0.29, 0.717) is 5.75 Å². The Morgan fingerprint density at radius 3 is 2.64 bits per heavy atom. The Bertz CT molecular complexity index is 142. The molecule has 2 N–H and O–H groups in total. The van der Waals surface area contributed by atoms with E-state index in [2.05, 4.69) is 15.2 Å². The first-order valence-corrected chi connectivity index (χ1v) is 4.04. The fraction of sp³-hybridized carbons (Fsp3) is 0.800. The third-order valence-corrected chi connectivity index (χ3v) is 1.79. The summed E-state index contributed by atoms with van der Waals surface area (Å²) in [7, 11) is 3.21. The van der Waals surface area contributed by atoms with Crippen molar-refractivity contribution in [3.8, 4) is 0 Å². The molecule has 0 aromatic heterocycles.